The molecule has 0 atom stereocenters. The van der Waals surface area contributed by atoms with Crippen molar-refractivity contribution in [2.24, 2.45) is 4.99 Å². The molecule has 0 unspecified atom stereocenters. The quantitative estimate of drug-likeness (QED) is 0.745. The minimum atomic E-state index is 0.245. The lowest BCUT2D eigenvalue weighted by atomic mass is 10.2. The van der Waals surface area contributed by atoms with Gasteiger partial charge in [0.1, 0.15) is 11.5 Å². The molecule has 1 heterocycles. The Kier molecular flexibility index (Phi) is 3.35. The molecule has 0 saturated heterocycles. The van der Waals surface area contributed by atoms with Gasteiger partial charge in [0.25, 0.3) is 0 Å². The van der Waals surface area contributed by atoms with E-state index < -0.39 is 0 Å². The standard InChI is InChI=1S/C15H12N2O2S/c1-19-12-6-7-13-14(8-12)20-15(17-13)16-9-10-2-4-11(18)5-3-10/h2-9,18H,1H3/b16-9+. The third-order valence-electron chi connectivity index (χ3n) is 2.80. The lowest BCUT2D eigenvalue weighted by Crippen LogP contribution is -1.80. The molecule has 0 amide bonds. The first-order chi connectivity index (χ1) is 9.74. The number of phenols is 1. The fourth-order valence-electron chi connectivity index (χ4n) is 1.77. The number of ether oxygens (including phenoxy) is 1. The minimum Gasteiger partial charge on any atom is -0.508 e. The first-order valence-corrected chi connectivity index (χ1v) is 6.84. The summed E-state index contributed by atoms with van der Waals surface area (Å²) in [7, 11) is 1.64. The van der Waals surface area contributed by atoms with Crippen LogP contribution < -0.4 is 4.74 Å². The third kappa shape index (κ3) is 2.62. The van der Waals surface area contributed by atoms with E-state index in [9.17, 15) is 5.11 Å². The predicted molar refractivity (Wildman–Crippen MR) is 81.5 cm³/mol. The monoisotopic (exact) mass is 284 g/mol. The molecule has 0 aliphatic carbocycles. The van der Waals surface area contributed by atoms with Gasteiger partial charge in [-0.25, -0.2) is 9.98 Å². The van der Waals surface area contributed by atoms with Crippen LogP contribution in [-0.4, -0.2) is 23.4 Å². The lowest BCUT2D eigenvalue weighted by molar-refractivity contribution is 0.415. The van der Waals surface area contributed by atoms with Crippen molar-refractivity contribution in [2.75, 3.05) is 7.11 Å². The Morgan fingerprint density at radius 1 is 1.20 bits per heavy atom. The van der Waals surface area contributed by atoms with E-state index in [0.29, 0.717) is 5.13 Å². The van der Waals surface area contributed by atoms with Crippen LogP contribution in [0.4, 0.5) is 5.13 Å². The van der Waals surface area contributed by atoms with Crippen LogP contribution in [0.2, 0.25) is 0 Å². The molecule has 100 valence electrons. The first kappa shape index (κ1) is 12.6. The third-order valence-corrected chi connectivity index (χ3v) is 3.73. The molecule has 0 spiro atoms. The van der Waals surface area contributed by atoms with Gasteiger partial charge >= 0.3 is 0 Å². The Labute approximate surface area is 120 Å². The number of methoxy groups -OCH3 is 1. The van der Waals surface area contributed by atoms with Crippen LogP contribution in [0.5, 0.6) is 11.5 Å². The SMILES string of the molecule is COc1ccc2nc(/N=C/c3ccc(O)cc3)sc2c1. The van der Waals surface area contributed by atoms with Gasteiger partial charge in [-0.2, -0.15) is 0 Å². The summed E-state index contributed by atoms with van der Waals surface area (Å²) in [5, 5.41) is 9.92. The Bertz CT molecular complexity index is 763. The summed E-state index contributed by atoms with van der Waals surface area (Å²) < 4.78 is 6.23. The number of thiazole rings is 1. The second kappa shape index (κ2) is 5.30. The largest absolute Gasteiger partial charge is 0.508 e. The zero-order valence-corrected chi connectivity index (χ0v) is 11.6. The van der Waals surface area contributed by atoms with Crippen LogP contribution in [-0.2, 0) is 0 Å². The maximum Gasteiger partial charge on any atom is 0.210 e. The summed E-state index contributed by atoms with van der Waals surface area (Å²) in [6.45, 7) is 0. The molecule has 0 fully saturated rings. The molecule has 5 heteroatoms. The average Bonchev–Trinajstić information content (AvgIpc) is 2.88. The fourth-order valence-corrected chi connectivity index (χ4v) is 2.60. The molecule has 2 aromatic carbocycles. The van der Waals surface area contributed by atoms with Gasteiger partial charge < -0.3 is 9.84 Å². The molecule has 1 aromatic heterocycles. The molecular formula is C15H12N2O2S. The smallest absolute Gasteiger partial charge is 0.210 e. The van der Waals surface area contributed by atoms with Crippen LogP contribution in [0, 0.1) is 0 Å². The van der Waals surface area contributed by atoms with E-state index in [1.54, 1.807) is 37.6 Å². The van der Waals surface area contributed by atoms with Crippen LogP contribution >= 0.6 is 11.3 Å². The minimum absolute atomic E-state index is 0.245. The van der Waals surface area contributed by atoms with Crippen LogP contribution in [0.25, 0.3) is 10.2 Å². The Morgan fingerprint density at radius 2 is 2.00 bits per heavy atom. The Balaban J connectivity index is 1.88. The summed E-state index contributed by atoms with van der Waals surface area (Å²) in [6, 6.07) is 12.6. The number of fused-ring (bicyclic) bond motifs is 1. The predicted octanol–water partition coefficient (Wildman–Crippen LogP) is 3.76. The average molecular weight is 284 g/mol. The normalized spacial score (nSPS) is 11.2. The van der Waals surface area contributed by atoms with Gasteiger partial charge in [-0.3, -0.25) is 0 Å². The van der Waals surface area contributed by atoms with Crippen molar-refractivity contribution in [3.05, 3.63) is 48.0 Å². The number of rotatable bonds is 3. The molecule has 0 aliphatic heterocycles. The molecule has 0 aliphatic rings. The van der Waals surface area contributed by atoms with E-state index in [-0.39, 0.29) is 5.75 Å². The van der Waals surface area contributed by atoms with E-state index in [2.05, 4.69) is 9.98 Å². The van der Waals surface area contributed by atoms with Gasteiger partial charge in [0.2, 0.25) is 5.13 Å². The van der Waals surface area contributed by atoms with Gasteiger partial charge in [-0.15, -0.1) is 0 Å². The summed E-state index contributed by atoms with van der Waals surface area (Å²) in [5.74, 6) is 1.06. The van der Waals surface area contributed by atoms with E-state index in [1.807, 2.05) is 18.2 Å². The number of hydrogen-bond acceptors (Lipinski definition) is 5. The highest BCUT2D eigenvalue weighted by Gasteiger charge is 2.03. The molecule has 3 rings (SSSR count). The summed E-state index contributed by atoms with van der Waals surface area (Å²) in [4.78, 5) is 8.80. The highest BCUT2D eigenvalue weighted by atomic mass is 32.1. The topological polar surface area (TPSA) is 54.7 Å². The number of hydrogen-bond donors (Lipinski definition) is 1. The van der Waals surface area contributed by atoms with E-state index in [1.165, 1.54) is 11.3 Å². The Morgan fingerprint density at radius 3 is 2.75 bits per heavy atom. The van der Waals surface area contributed by atoms with Crippen LogP contribution in [0.3, 0.4) is 0 Å². The van der Waals surface area contributed by atoms with Gasteiger partial charge in [-0.1, -0.05) is 11.3 Å². The molecule has 1 N–H and O–H groups in total. The fraction of sp³-hybridized carbons (Fsp3) is 0.0667. The van der Waals surface area contributed by atoms with Crippen molar-refractivity contribution in [3.8, 4) is 11.5 Å². The van der Waals surface area contributed by atoms with Gasteiger partial charge in [0.15, 0.2) is 0 Å². The van der Waals surface area contributed by atoms with Crippen molar-refractivity contribution in [3.63, 3.8) is 0 Å². The van der Waals surface area contributed by atoms with Crippen molar-refractivity contribution < 1.29 is 9.84 Å². The number of aromatic nitrogens is 1. The van der Waals surface area contributed by atoms with E-state index in [4.69, 9.17) is 4.74 Å². The molecule has 0 bridgehead atoms. The molecule has 0 radical (unpaired) electrons. The highest BCUT2D eigenvalue weighted by molar-refractivity contribution is 7.22. The summed E-state index contributed by atoms with van der Waals surface area (Å²) in [5.41, 5.74) is 1.83. The Hall–Kier alpha value is -2.40. The van der Waals surface area contributed by atoms with Crippen molar-refractivity contribution in [1.82, 2.24) is 4.98 Å². The number of nitrogens with zero attached hydrogens (tertiary/aromatic N) is 2. The van der Waals surface area contributed by atoms with Gasteiger partial charge in [0.05, 0.1) is 17.3 Å². The second-order valence-corrected chi connectivity index (χ2v) is 5.19. The molecule has 0 saturated carbocycles. The number of aliphatic imine (C=N–C) groups is 1. The molecular weight excluding hydrogens is 272 g/mol. The van der Waals surface area contributed by atoms with Gasteiger partial charge in [0, 0.05) is 6.21 Å². The molecule has 20 heavy (non-hydrogen) atoms. The van der Waals surface area contributed by atoms with Crippen molar-refractivity contribution >= 4 is 32.9 Å². The zero-order valence-electron chi connectivity index (χ0n) is 10.8. The highest BCUT2D eigenvalue weighted by Crippen LogP contribution is 2.30. The lowest BCUT2D eigenvalue weighted by Gasteiger charge is -1.96. The van der Waals surface area contributed by atoms with Crippen molar-refractivity contribution in [2.45, 2.75) is 0 Å². The zero-order chi connectivity index (χ0) is 13.9. The maximum atomic E-state index is 9.22. The van der Waals surface area contributed by atoms with Crippen LogP contribution in [0.1, 0.15) is 5.56 Å². The van der Waals surface area contributed by atoms with E-state index in [0.717, 1.165) is 21.5 Å². The summed E-state index contributed by atoms with van der Waals surface area (Å²) in [6.07, 6.45) is 1.73. The maximum absolute atomic E-state index is 9.22. The van der Waals surface area contributed by atoms with Gasteiger partial charge in [-0.05, 0) is 48.0 Å². The van der Waals surface area contributed by atoms with Crippen molar-refractivity contribution in [1.29, 1.82) is 0 Å². The van der Waals surface area contributed by atoms with E-state index >= 15 is 0 Å². The summed E-state index contributed by atoms with van der Waals surface area (Å²) >= 11 is 1.51. The number of aromatic hydroxyl groups is 1. The second-order valence-electron chi connectivity index (χ2n) is 4.18. The molecule has 3 aromatic rings. The molecule has 4 nitrogen and oxygen atoms in total. The number of phenolic OH excluding ortho intramolecular Hbond substituents is 1. The van der Waals surface area contributed by atoms with Crippen LogP contribution in [0.15, 0.2) is 47.5 Å². The first-order valence-electron chi connectivity index (χ1n) is 6.02. The number of benzene rings is 2.